The van der Waals surface area contributed by atoms with Crippen LogP contribution in [0.4, 0.5) is 5.69 Å². The maximum atomic E-state index is 10.2. The predicted octanol–water partition coefficient (Wildman–Crippen LogP) is 6.73. The average Bonchev–Trinajstić information content (AvgIpc) is 2.74. The van der Waals surface area contributed by atoms with E-state index >= 15 is 0 Å². The van der Waals surface area contributed by atoms with E-state index in [9.17, 15) is 8.76 Å². The van der Waals surface area contributed by atoms with Crippen molar-refractivity contribution in [1.82, 2.24) is 0 Å². The summed E-state index contributed by atoms with van der Waals surface area (Å²) in [4.78, 5) is 0. The predicted molar refractivity (Wildman–Crippen MR) is 131 cm³/mol. The monoisotopic (exact) mass is 431 g/mol. The van der Waals surface area contributed by atoms with Gasteiger partial charge in [-0.2, -0.15) is 0 Å². The first-order valence-corrected chi connectivity index (χ1v) is 12.1. The lowest BCUT2D eigenvalue weighted by molar-refractivity contribution is 0.536. The normalized spacial score (nSPS) is 11.9. The third-order valence-electron chi connectivity index (χ3n) is 4.69. The first-order chi connectivity index (χ1) is 14.4. The molecule has 2 aromatic carbocycles. The number of nitrogens with two attached hydrogens (primary N) is 1. The minimum atomic E-state index is -1.97. The summed E-state index contributed by atoms with van der Waals surface area (Å²) in [5.41, 5.74) is 8.82. The molecule has 2 unspecified atom stereocenters. The van der Waals surface area contributed by atoms with E-state index in [0.717, 1.165) is 17.5 Å². The standard InChI is InChI=1S/C11H16N2.C7H8O2S.C7H16/c1-3-8(2)11(13)9-6-4-5-7-10(9)12;8-10(9)6-7-4-2-1-3-5-7;1-3-5-7-6-4-2/h4-8,13H,3,12H2,1-2H3;1-5H,6H2,(H,8,9);3-7H2,1-2H3/p-1. The van der Waals surface area contributed by atoms with Gasteiger partial charge in [-0.05, 0) is 24.0 Å². The second-order valence-corrected chi connectivity index (χ2v) is 8.20. The molecule has 0 radical (unpaired) electrons. The van der Waals surface area contributed by atoms with Crippen LogP contribution < -0.4 is 5.73 Å². The van der Waals surface area contributed by atoms with Gasteiger partial charge in [0.1, 0.15) is 0 Å². The van der Waals surface area contributed by atoms with Crippen molar-refractivity contribution in [2.75, 3.05) is 5.73 Å². The van der Waals surface area contributed by atoms with Crippen molar-refractivity contribution in [2.45, 2.75) is 72.0 Å². The molecule has 0 aromatic heterocycles. The number of unbranched alkanes of at least 4 members (excludes halogenated alkanes) is 4. The van der Waals surface area contributed by atoms with Gasteiger partial charge in [0.2, 0.25) is 0 Å². The van der Waals surface area contributed by atoms with Gasteiger partial charge in [0.15, 0.2) is 0 Å². The zero-order valence-corrected chi connectivity index (χ0v) is 19.8. The van der Waals surface area contributed by atoms with Crippen molar-refractivity contribution < 1.29 is 8.76 Å². The number of rotatable bonds is 9. The topological polar surface area (TPSA) is 90.0 Å². The van der Waals surface area contributed by atoms with Gasteiger partial charge in [0.05, 0.1) is 0 Å². The number of benzene rings is 2. The van der Waals surface area contributed by atoms with E-state index in [0.29, 0.717) is 11.4 Å². The summed E-state index contributed by atoms with van der Waals surface area (Å²) in [7, 11) is 0. The Morgan fingerprint density at radius 3 is 1.97 bits per heavy atom. The maximum absolute atomic E-state index is 10.2. The van der Waals surface area contributed by atoms with Gasteiger partial charge in [-0.1, -0.05) is 119 Å². The second-order valence-electron chi connectivity index (χ2n) is 7.30. The van der Waals surface area contributed by atoms with Crippen LogP contribution in [0.3, 0.4) is 0 Å². The summed E-state index contributed by atoms with van der Waals surface area (Å²) >= 11 is -1.97. The number of hydrogen-bond donors (Lipinski definition) is 2. The summed E-state index contributed by atoms with van der Waals surface area (Å²) < 4.78 is 20.3. The molecule has 2 aromatic rings. The van der Waals surface area contributed by atoms with Crippen LogP contribution in [0.5, 0.6) is 0 Å². The molecule has 0 heterocycles. The van der Waals surface area contributed by atoms with Gasteiger partial charge >= 0.3 is 0 Å². The Hall–Kier alpha value is -1.98. The third-order valence-corrected chi connectivity index (χ3v) is 5.26. The van der Waals surface area contributed by atoms with Gasteiger partial charge in [-0.25, -0.2) is 0 Å². The Bertz CT molecular complexity index is 716. The molecule has 0 bridgehead atoms. The number of nitrogens with one attached hydrogen (secondary N) is 1. The number of nitrogen functional groups attached to an aromatic ring is 1. The van der Waals surface area contributed by atoms with Crippen molar-refractivity contribution in [3.8, 4) is 0 Å². The van der Waals surface area contributed by atoms with E-state index in [1.54, 1.807) is 12.1 Å². The van der Waals surface area contributed by atoms with Gasteiger partial charge in [0, 0.05) is 22.7 Å². The van der Waals surface area contributed by atoms with Gasteiger partial charge in [-0.3, -0.25) is 4.21 Å². The molecule has 2 rings (SSSR count). The lowest BCUT2D eigenvalue weighted by Crippen LogP contribution is -2.12. The number of para-hydroxylation sites is 1. The van der Waals surface area contributed by atoms with E-state index in [2.05, 4.69) is 27.7 Å². The molecule has 5 heteroatoms. The van der Waals surface area contributed by atoms with E-state index < -0.39 is 11.1 Å². The molecule has 0 saturated heterocycles. The highest BCUT2D eigenvalue weighted by Gasteiger charge is 2.10. The van der Waals surface area contributed by atoms with Crippen LogP contribution in [-0.4, -0.2) is 14.5 Å². The highest BCUT2D eigenvalue weighted by atomic mass is 32.2. The molecule has 0 spiro atoms. The van der Waals surface area contributed by atoms with E-state index in [1.807, 2.05) is 42.5 Å². The smallest absolute Gasteiger partial charge is 0.0434 e. The lowest BCUT2D eigenvalue weighted by atomic mass is 9.95. The molecule has 0 aliphatic rings. The first-order valence-electron chi connectivity index (χ1n) is 10.9. The van der Waals surface area contributed by atoms with Crippen molar-refractivity contribution in [1.29, 1.82) is 5.41 Å². The lowest BCUT2D eigenvalue weighted by Gasteiger charge is -2.12. The van der Waals surface area contributed by atoms with Crippen LogP contribution in [0, 0.1) is 11.3 Å². The molecule has 168 valence electrons. The molecule has 0 fully saturated rings. The van der Waals surface area contributed by atoms with Crippen molar-refractivity contribution in [3.63, 3.8) is 0 Å². The Labute approximate surface area is 186 Å². The molecule has 3 N–H and O–H groups in total. The Kier molecular flexibility index (Phi) is 16.7. The molecule has 2 atom stereocenters. The minimum absolute atomic E-state index is 0.112. The minimum Gasteiger partial charge on any atom is -0.772 e. The third kappa shape index (κ3) is 13.3. The van der Waals surface area contributed by atoms with Crippen LogP contribution in [0.1, 0.15) is 77.3 Å². The van der Waals surface area contributed by atoms with Gasteiger partial charge in [-0.15, -0.1) is 0 Å². The van der Waals surface area contributed by atoms with E-state index in [4.69, 9.17) is 11.1 Å². The van der Waals surface area contributed by atoms with E-state index in [-0.39, 0.29) is 11.7 Å². The number of hydrogen-bond acceptors (Lipinski definition) is 4. The average molecular weight is 432 g/mol. The molecule has 0 aliphatic heterocycles. The highest BCUT2D eigenvalue weighted by molar-refractivity contribution is 7.78. The first kappa shape index (κ1) is 28.0. The van der Waals surface area contributed by atoms with Crippen molar-refractivity contribution in [3.05, 3.63) is 65.7 Å². The van der Waals surface area contributed by atoms with Crippen molar-refractivity contribution >= 4 is 22.5 Å². The largest absolute Gasteiger partial charge is 0.772 e. The zero-order valence-electron chi connectivity index (χ0n) is 19.0. The Morgan fingerprint density at radius 2 is 1.50 bits per heavy atom. The summed E-state index contributed by atoms with van der Waals surface area (Å²) in [5, 5.41) is 7.90. The molecule has 0 aliphatic carbocycles. The Balaban J connectivity index is 0.000000442. The molecule has 0 amide bonds. The molecular weight excluding hydrogens is 392 g/mol. The SMILES string of the molecule is CCC(C)C(=N)c1ccccc1N.CCCCCCC.O=S([O-])Cc1ccccc1. The van der Waals surface area contributed by atoms with Crippen molar-refractivity contribution in [2.24, 2.45) is 5.92 Å². The maximum Gasteiger partial charge on any atom is 0.0434 e. The number of anilines is 1. The highest BCUT2D eigenvalue weighted by Crippen LogP contribution is 2.17. The summed E-state index contributed by atoms with van der Waals surface area (Å²) in [6, 6.07) is 16.6. The summed E-state index contributed by atoms with van der Waals surface area (Å²) in [6.45, 7) is 8.62. The molecule has 30 heavy (non-hydrogen) atoms. The van der Waals surface area contributed by atoms with Crippen LogP contribution >= 0.6 is 0 Å². The zero-order chi connectivity index (χ0) is 22.8. The fourth-order valence-electron chi connectivity index (χ4n) is 2.60. The van der Waals surface area contributed by atoms with Crippen LogP contribution in [0.25, 0.3) is 0 Å². The van der Waals surface area contributed by atoms with Gasteiger partial charge in [0.25, 0.3) is 0 Å². The quantitative estimate of drug-likeness (QED) is 0.200. The van der Waals surface area contributed by atoms with Gasteiger partial charge < -0.3 is 15.7 Å². The summed E-state index contributed by atoms with van der Waals surface area (Å²) in [5.74, 6) is 0.394. The fourth-order valence-corrected chi connectivity index (χ4v) is 3.06. The van der Waals surface area contributed by atoms with E-state index in [1.165, 1.54) is 32.1 Å². The fraction of sp³-hybridized carbons (Fsp3) is 0.480. The molecule has 0 saturated carbocycles. The van der Waals surface area contributed by atoms with Crippen LogP contribution in [0.15, 0.2) is 54.6 Å². The summed E-state index contributed by atoms with van der Waals surface area (Å²) in [6.07, 6.45) is 7.99. The molecule has 4 nitrogen and oxygen atoms in total. The second kappa shape index (κ2) is 17.8. The molecular formula is C25H39N2O2S-. The van der Waals surface area contributed by atoms with Crippen LogP contribution in [0.2, 0.25) is 0 Å². The van der Waals surface area contributed by atoms with Crippen LogP contribution in [-0.2, 0) is 16.8 Å². The Morgan fingerprint density at radius 1 is 0.967 bits per heavy atom.